The van der Waals surface area contributed by atoms with Gasteiger partial charge in [-0.15, -0.1) is 0 Å². The number of amides is 2. The van der Waals surface area contributed by atoms with Crippen LogP contribution in [-0.4, -0.2) is 24.0 Å². The van der Waals surface area contributed by atoms with Crippen LogP contribution in [0.3, 0.4) is 0 Å². The number of ether oxygens (including phenoxy) is 1. The predicted molar refractivity (Wildman–Crippen MR) is 130 cm³/mol. The van der Waals surface area contributed by atoms with Gasteiger partial charge in [0.1, 0.15) is 5.75 Å². The highest BCUT2D eigenvalue weighted by Gasteiger charge is 2.14. The summed E-state index contributed by atoms with van der Waals surface area (Å²) in [7, 11) is 1.49. The number of anilines is 2. The van der Waals surface area contributed by atoms with Gasteiger partial charge >= 0.3 is 0 Å². The van der Waals surface area contributed by atoms with Gasteiger partial charge in [0, 0.05) is 15.8 Å². The minimum atomic E-state index is -0.400. The molecule has 158 valence electrons. The number of carbonyl (C=O) groups excluding carboxylic acids is 2. The molecular weight excluding hydrogens is 478 g/mol. The standard InChI is InChI=1S/C23H20BrN3O3S/c1-30-20-11-10-16(24)13-19(20)22(29)27-23(31)26-18-9-5-8-17(14-18)25-21(28)12-15-6-3-2-4-7-15/h2-11,13-14H,12H2,1H3,(H,25,28)(H2,26,27,29,31). The predicted octanol–water partition coefficient (Wildman–Crippen LogP) is 4.77. The molecule has 2 amide bonds. The summed E-state index contributed by atoms with van der Waals surface area (Å²) < 4.78 is 5.98. The van der Waals surface area contributed by atoms with Crippen LogP contribution in [0.1, 0.15) is 15.9 Å². The van der Waals surface area contributed by atoms with Gasteiger partial charge in [0.15, 0.2) is 5.11 Å². The molecule has 8 heteroatoms. The third kappa shape index (κ3) is 6.63. The van der Waals surface area contributed by atoms with Crippen LogP contribution in [0, 0.1) is 0 Å². The minimum Gasteiger partial charge on any atom is -0.496 e. The van der Waals surface area contributed by atoms with Gasteiger partial charge < -0.3 is 15.4 Å². The molecule has 0 atom stereocenters. The monoisotopic (exact) mass is 497 g/mol. The molecule has 0 spiro atoms. The highest BCUT2D eigenvalue weighted by molar-refractivity contribution is 9.10. The fourth-order valence-corrected chi connectivity index (χ4v) is 3.42. The van der Waals surface area contributed by atoms with Crippen LogP contribution in [0.25, 0.3) is 0 Å². The number of benzene rings is 3. The van der Waals surface area contributed by atoms with E-state index in [1.165, 1.54) is 7.11 Å². The molecule has 0 saturated carbocycles. The van der Waals surface area contributed by atoms with Gasteiger partial charge in [0.25, 0.3) is 5.91 Å². The number of rotatable bonds is 6. The Morgan fingerprint density at radius 3 is 2.35 bits per heavy atom. The molecule has 0 fully saturated rings. The smallest absolute Gasteiger partial charge is 0.261 e. The van der Waals surface area contributed by atoms with E-state index in [1.807, 2.05) is 30.3 Å². The maximum atomic E-state index is 12.6. The Labute approximate surface area is 194 Å². The lowest BCUT2D eigenvalue weighted by Gasteiger charge is -2.13. The van der Waals surface area contributed by atoms with E-state index in [0.717, 1.165) is 10.0 Å². The minimum absolute atomic E-state index is 0.124. The van der Waals surface area contributed by atoms with Crippen LogP contribution < -0.4 is 20.7 Å². The van der Waals surface area contributed by atoms with Crippen LogP contribution in [0.4, 0.5) is 11.4 Å². The fraction of sp³-hybridized carbons (Fsp3) is 0.0870. The van der Waals surface area contributed by atoms with Gasteiger partial charge in [-0.1, -0.05) is 52.3 Å². The zero-order chi connectivity index (χ0) is 22.2. The summed E-state index contributed by atoms with van der Waals surface area (Å²) in [6.07, 6.45) is 0.279. The van der Waals surface area contributed by atoms with Crippen molar-refractivity contribution in [3.05, 3.63) is 88.4 Å². The molecule has 0 saturated heterocycles. The summed E-state index contributed by atoms with van der Waals surface area (Å²) in [5.74, 6) is -0.0874. The Bertz CT molecular complexity index is 1110. The maximum absolute atomic E-state index is 12.6. The molecule has 0 heterocycles. The number of thiocarbonyl (C=S) groups is 1. The van der Waals surface area contributed by atoms with E-state index < -0.39 is 5.91 Å². The quantitative estimate of drug-likeness (QED) is 0.427. The molecule has 0 aliphatic carbocycles. The maximum Gasteiger partial charge on any atom is 0.261 e. The fourth-order valence-electron chi connectivity index (χ4n) is 2.85. The summed E-state index contributed by atoms with van der Waals surface area (Å²) in [4.78, 5) is 24.8. The average molecular weight is 498 g/mol. The molecule has 3 rings (SSSR count). The third-order valence-corrected chi connectivity index (χ3v) is 4.94. The summed E-state index contributed by atoms with van der Waals surface area (Å²) >= 11 is 8.60. The molecule has 0 aliphatic rings. The van der Waals surface area contributed by atoms with Gasteiger partial charge in [-0.25, -0.2) is 0 Å². The molecule has 0 aliphatic heterocycles. The van der Waals surface area contributed by atoms with E-state index in [-0.39, 0.29) is 17.4 Å². The van der Waals surface area contributed by atoms with Gasteiger partial charge in [-0.3, -0.25) is 14.9 Å². The summed E-state index contributed by atoms with van der Waals surface area (Å²) in [6, 6.07) is 21.7. The molecule has 0 aromatic heterocycles. The first-order valence-corrected chi connectivity index (χ1v) is 10.5. The number of nitrogens with one attached hydrogen (secondary N) is 3. The van der Waals surface area contributed by atoms with Crippen molar-refractivity contribution < 1.29 is 14.3 Å². The Hall–Kier alpha value is -3.23. The molecule has 3 aromatic rings. The third-order valence-electron chi connectivity index (χ3n) is 4.24. The van der Waals surface area contributed by atoms with Crippen LogP contribution in [0.5, 0.6) is 5.75 Å². The highest BCUT2D eigenvalue weighted by atomic mass is 79.9. The normalized spacial score (nSPS) is 10.1. The average Bonchev–Trinajstić information content (AvgIpc) is 2.74. The lowest BCUT2D eigenvalue weighted by atomic mass is 10.1. The van der Waals surface area contributed by atoms with Crippen LogP contribution in [0.15, 0.2) is 77.3 Å². The first-order chi connectivity index (χ1) is 14.9. The van der Waals surface area contributed by atoms with Crippen LogP contribution in [-0.2, 0) is 11.2 Å². The van der Waals surface area contributed by atoms with E-state index in [4.69, 9.17) is 17.0 Å². The van der Waals surface area contributed by atoms with Crippen LogP contribution in [0.2, 0.25) is 0 Å². The lowest BCUT2D eigenvalue weighted by molar-refractivity contribution is -0.115. The zero-order valence-electron chi connectivity index (χ0n) is 16.6. The Morgan fingerprint density at radius 1 is 0.935 bits per heavy atom. The Morgan fingerprint density at radius 2 is 1.65 bits per heavy atom. The van der Waals surface area contributed by atoms with E-state index in [9.17, 15) is 9.59 Å². The van der Waals surface area contributed by atoms with Crippen LogP contribution >= 0.6 is 28.1 Å². The van der Waals surface area contributed by atoms with Crippen molar-refractivity contribution in [2.75, 3.05) is 17.7 Å². The first-order valence-electron chi connectivity index (χ1n) is 9.34. The number of carbonyl (C=O) groups is 2. The second-order valence-electron chi connectivity index (χ2n) is 6.54. The number of hydrogen-bond acceptors (Lipinski definition) is 4. The molecule has 3 N–H and O–H groups in total. The lowest BCUT2D eigenvalue weighted by Crippen LogP contribution is -2.34. The van der Waals surface area contributed by atoms with Gasteiger partial charge in [0.05, 0.1) is 19.1 Å². The van der Waals surface area contributed by atoms with Crippen molar-refractivity contribution in [2.45, 2.75) is 6.42 Å². The van der Waals surface area contributed by atoms with Crippen molar-refractivity contribution in [3.63, 3.8) is 0 Å². The second kappa shape index (κ2) is 10.7. The second-order valence-corrected chi connectivity index (χ2v) is 7.87. The summed E-state index contributed by atoms with van der Waals surface area (Å²) in [6.45, 7) is 0. The number of methoxy groups -OCH3 is 1. The molecular formula is C23H20BrN3O3S. The van der Waals surface area contributed by atoms with Gasteiger partial charge in [0.2, 0.25) is 5.91 Å². The Balaban J connectivity index is 1.60. The SMILES string of the molecule is COc1ccc(Br)cc1C(=O)NC(=S)Nc1cccc(NC(=O)Cc2ccccc2)c1. The van der Waals surface area contributed by atoms with Crippen molar-refractivity contribution in [3.8, 4) is 5.75 Å². The van der Waals surface area contributed by atoms with E-state index >= 15 is 0 Å². The van der Waals surface area contributed by atoms with E-state index in [1.54, 1.807) is 42.5 Å². The first kappa shape index (κ1) is 22.5. The molecule has 0 bridgehead atoms. The van der Waals surface area contributed by atoms with Gasteiger partial charge in [-0.2, -0.15) is 0 Å². The topological polar surface area (TPSA) is 79.5 Å². The molecule has 6 nitrogen and oxygen atoms in total. The van der Waals surface area contributed by atoms with Gasteiger partial charge in [-0.05, 0) is 54.2 Å². The number of halogens is 1. The molecule has 0 radical (unpaired) electrons. The highest BCUT2D eigenvalue weighted by Crippen LogP contribution is 2.23. The van der Waals surface area contributed by atoms with Crippen molar-refractivity contribution in [1.29, 1.82) is 0 Å². The number of hydrogen-bond donors (Lipinski definition) is 3. The van der Waals surface area contributed by atoms with E-state index in [0.29, 0.717) is 22.7 Å². The van der Waals surface area contributed by atoms with Crippen molar-refractivity contribution in [1.82, 2.24) is 5.32 Å². The zero-order valence-corrected chi connectivity index (χ0v) is 19.0. The van der Waals surface area contributed by atoms with Crippen molar-refractivity contribution >= 4 is 56.4 Å². The van der Waals surface area contributed by atoms with Crippen molar-refractivity contribution in [2.24, 2.45) is 0 Å². The molecule has 3 aromatic carbocycles. The van der Waals surface area contributed by atoms with E-state index in [2.05, 4.69) is 31.9 Å². The molecule has 0 unspecified atom stereocenters. The molecule has 31 heavy (non-hydrogen) atoms. The summed E-state index contributed by atoms with van der Waals surface area (Å²) in [5, 5.41) is 8.57. The Kier molecular flexibility index (Phi) is 7.75. The largest absolute Gasteiger partial charge is 0.496 e. The summed E-state index contributed by atoms with van der Waals surface area (Å²) in [5.41, 5.74) is 2.53.